The summed E-state index contributed by atoms with van der Waals surface area (Å²) in [7, 11) is 3.02. The van der Waals surface area contributed by atoms with Crippen molar-refractivity contribution in [2.45, 2.75) is 6.42 Å². The number of halogens is 1. The van der Waals surface area contributed by atoms with Crippen LogP contribution in [0.5, 0.6) is 5.75 Å². The largest absolute Gasteiger partial charge is 0.490 e. The van der Waals surface area contributed by atoms with Crippen molar-refractivity contribution < 1.29 is 14.5 Å². The standard InChI is InChI=1S/C12H15BrN2O4/c1-14(7-3-6-13)12(16)9-4-5-11(19-2)10(8-9)15(17)18/h4-5,8H,3,6-7H2,1-2H3. The van der Waals surface area contributed by atoms with Crippen molar-refractivity contribution in [1.82, 2.24) is 4.90 Å². The van der Waals surface area contributed by atoms with E-state index < -0.39 is 4.92 Å². The second kappa shape index (κ2) is 7.08. The van der Waals surface area contributed by atoms with Crippen LogP contribution >= 0.6 is 15.9 Å². The van der Waals surface area contributed by atoms with Crippen molar-refractivity contribution in [3.8, 4) is 5.75 Å². The summed E-state index contributed by atoms with van der Waals surface area (Å²) in [4.78, 5) is 23.9. The zero-order valence-electron chi connectivity index (χ0n) is 10.8. The minimum atomic E-state index is -0.561. The molecule has 1 aromatic rings. The molecule has 0 unspecified atom stereocenters. The maximum atomic E-state index is 12.1. The Morgan fingerprint density at radius 3 is 2.74 bits per heavy atom. The van der Waals surface area contributed by atoms with Gasteiger partial charge >= 0.3 is 5.69 Å². The van der Waals surface area contributed by atoms with Crippen LogP contribution in [-0.4, -0.2) is 41.8 Å². The van der Waals surface area contributed by atoms with E-state index in [1.807, 2.05) is 0 Å². The van der Waals surface area contributed by atoms with Crippen molar-refractivity contribution in [3.63, 3.8) is 0 Å². The number of nitro groups is 1. The van der Waals surface area contributed by atoms with Gasteiger partial charge in [0.1, 0.15) is 0 Å². The number of carbonyl (C=O) groups excluding carboxylic acids is 1. The number of hydrogen-bond donors (Lipinski definition) is 0. The van der Waals surface area contributed by atoms with Gasteiger partial charge in [-0.25, -0.2) is 0 Å². The van der Waals surface area contributed by atoms with Gasteiger partial charge in [-0.2, -0.15) is 0 Å². The molecule has 0 heterocycles. The molecule has 0 N–H and O–H groups in total. The highest BCUT2D eigenvalue weighted by atomic mass is 79.9. The number of amides is 1. The lowest BCUT2D eigenvalue weighted by Gasteiger charge is -2.16. The van der Waals surface area contributed by atoms with Crippen molar-refractivity contribution in [2.75, 3.05) is 26.0 Å². The Hall–Kier alpha value is -1.63. The Bertz CT molecular complexity index is 479. The van der Waals surface area contributed by atoms with E-state index in [1.54, 1.807) is 7.05 Å². The Morgan fingerprint density at radius 2 is 2.21 bits per heavy atom. The van der Waals surface area contributed by atoms with Gasteiger partial charge in [0, 0.05) is 30.6 Å². The number of methoxy groups -OCH3 is 1. The Balaban J connectivity index is 2.98. The molecule has 0 spiro atoms. The van der Waals surface area contributed by atoms with Crippen LogP contribution in [0.1, 0.15) is 16.8 Å². The zero-order valence-corrected chi connectivity index (χ0v) is 12.3. The van der Waals surface area contributed by atoms with Gasteiger partial charge < -0.3 is 9.64 Å². The van der Waals surface area contributed by atoms with Crippen LogP contribution in [0, 0.1) is 10.1 Å². The van der Waals surface area contributed by atoms with Gasteiger partial charge in [0.15, 0.2) is 5.75 Å². The average Bonchev–Trinajstić information content (AvgIpc) is 2.42. The molecule has 1 rings (SSSR count). The molecule has 0 bridgehead atoms. The van der Waals surface area contributed by atoms with Gasteiger partial charge in [-0.05, 0) is 18.6 Å². The lowest BCUT2D eigenvalue weighted by atomic mass is 10.1. The Kier molecular flexibility index (Phi) is 5.75. The van der Waals surface area contributed by atoms with Gasteiger partial charge in [0.2, 0.25) is 0 Å². The number of alkyl halides is 1. The third-order valence-electron chi connectivity index (χ3n) is 2.60. The Labute approximate surface area is 119 Å². The molecule has 0 atom stereocenters. The van der Waals surface area contributed by atoms with Crippen LogP contribution in [0.25, 0.3) is 0 Å². The fourth-order valence-electron chi connectivity index (χ4n) is 1.58. The van der Waals surface area contributed by atoms with E-state index in [1.165, 1.54) is 30.2 Å². The van der Waals surface area contributed by atoms with Crippen molar-refractivity contribution in [3.05, 3.63) is 33.9 Å². The topological polar surface area (TPSA) is 72.7 Å². The third-order valence-corrected chi connectivity index (χ3v) is 3.16. The van der Waals surface area contributed by atoms with E-state index in [-0.39, 0.29) is 22.9 Å². The first-order chi connectivity index (χ1) is 9.01. The normalized spacial score (nSPS) is 10.1. The lowest BCUT2D eigenvalue weighted by molar-refractivity contribution is -0.385. The number of ether oxygens (including phenoxy) is 1. The van der Waals surface area contributed by atoms with Crippen LogP contribution in [0.15, 0.2) is 18.2 Å². The van der Waals surface area contributed by atoms with Crippen LogP contribution in [0.2, 0.25) is 0 Å². The zero-order chi connectivity index (χ0) is 14.4. The predicted octanol–water partition coefficient (Wildman–Crippen LogP) is 2.46. The smallest absolute Gasteiger partial charge is 0.311 e. The van der Waals surface area contributed by atoms with E-state index in [4.69, 9.17) is 4.74 Å². The first kappa shape index (κ1) is 15.4. The SMILES string of the molecule is COc1ccc(C(=O)N(C)CCCBr)cc1[N+](=O)[O-]. The van der Waals surface area contributed by atoms with E-state index >= 15 is 0 Å². The first-order valence-electron chi connectivity index (χ1n) is 5.65. The number of nitrogens with zero attached hydrogens (tertiary/aromatic N) is 2. The highest BCUT2D eigenvalue weighted by Gasteiger charge is 2.19. The van der Waals surface area contributed by atoms with Crippen LogP contribution in [-0.2, 0) is 0 Å². The predicted molar refractivity (Wildman–Crippen MR) is 75.0 cm³/mol. The van der Waals surface area contributed by atoms with Gasteiger partial charge in [0.05, 0.1) is 12.0 Å². The first-order valence-corrected chi connectivity index (χ1v) is 6.77. The highest BCUT2D eigenvalue weighted by Crippen LogP contribution is 2.27. The molecule has 104 valence electrons. The molecule has 0 aliphatic carbocycles. The summed E-state index contributed by atoms with van der Waals surface area (Å²) in [6.45, 7) is 0.587. The fraction of sp³-hybridized carbons (Fsp3) is 0.417. The molecule has 0 fully saturated rings. The second-order valence-electron chi connectivity index (χ2n) is 3.91. The van der Waals surface area contributed by atoms with Crippen molar-refractivity contribution in [1.29, 1.82) is 0 Å². The van der Waals surface area contributed by atoms with Gasteiger partial charge in [-0.15, -0.1) is 0 Å². The summed E-state index contributed by atoms with van der Waals surface area (Å²) in [5.74, 6) is -0.101. The van der Waals surface area contributed by atoms with Crippen LogP contribution in [0.3, 0.4) is 0 Å². The van der Waals surface area contributed by atoms with Gasteiger partial charge in [0.25, 0.3) is 5.91 Å². The maximum Gasteiger partial charge on any atom is 0.311 e. The monoisotopic (exact) mass is 330 g/mol. The fourth-order valence-corrected chi connectivity index (χ4v) is 1.84. The number of benzene rings is 1. The van der Waals surface area contributed by atoms with E-state index in [9.17, 15) is 14.9 Å². The molecule has 0 aliphatic heterocycles. The highest BCUT2D eigenvalue weighted by molar-refractivity contribution is 9.09. The molecular formula is C12H15BrN2O4. The minimum Gasteiger partial charge on any atom is -0.490 e. The second-order valence-corrected chi connectivity index (χ2v) is 4.71. The quantitative estimate of drug-likeness (QED) is 0.456. The van der Waals surface area contributed by atoms with Crippen LogP contribution in [0.4, 0.5) is 5.69 Å². The summed E-state index contributed by atoms with van der Waals surface area (Å²) in [5, 5.41) is 11.7. The van der Waals surface area contributed by atoms with Gasteiger partial charge in [-0.3, -0.25) is 14.9 Å². The molecule has 6 nitrogen and oxygen atoms in total. The minimum absolute atomic E-state index is 0.143. The number of hydrogen-bond acceptors (Lipinski definition) is 4. The lowest BCUT2D eigenvalue weighted by Crippen LogP contribution is -2.28. The molecule has 1 aromatic carbocycles. The number of rotatable bonds is 6. The number of nitro benzene ring substituents is 1. The molecule has 0 aromatic heterocycles. The van der Waals surface area contributed by atoms with E-state index in [0.29, 0.717) is 6.54 Å². The van der Waals surface area contributed by atoms with E-state index in [2.05, 4.69) is 15.9 Å². The summed E-state index contributed by atoms with van der Waals surface area (Å²) in [6, 6.07) is 4.20. The Morgan fingerprint density at radius 1 is 1.53 bits per heavy atom. The van der Waals surface area contributed by atoms with Gasteiger partial charge in [-0.1, -0.05) is 15.9 Å². The van der Waals surface area contributed by atoms with Crippen molar-refractivity contribution in [2.24, 2.45) is 0 Å². The molecule has 19 heavy (non-hydrogen) atoms. The summed E-state index contributed by atoms with van der Waals surface area (Å²) in [6.07, 6.45) is 0.820. The molecule has 0 radical (unpaired) electrons. The molecule has 7 heteroatoms. The molecule has 0 saturated carbocycles. The molecule has 0 aliphatic rings. The summed E-state index contributed by atoms with van der Waals surface area (Å²) in [5.41, 5.74) is 0.0758. The molecule has 1 amide bonds. The summed E-state index contributed by atoms with van der Waals surface area (Å²) >= 11 is 3.29. The maximum absolute atomic E-state index is 12.1. The van der Waals surface area contributed by atoms with Crippen LogP contribution < -0.4 is 4.74 Å². The summed E-state index contributed by atoms with van der Waals surface area (Å²) < 4.78 is 4.89. The molecular weight excluding hydrogens is 316 g/mol. The van der Waals surface area contributed by atoms with E-state index in [0.717, 1.165) is 11.8 Å². The third kappa shape index (κ3) is 3.92. The number of carbonyl (C=O) groups is 1. The average molecular weight is 331 g/mol. The van der Waals surface area contributed by atoms with Crippen molar-refractivity contribution >= 4 is 27.5 Å². The molecule has 0 saturated heterocycles.